The summed E-state index contributed by atoms with van der Waals surface area (Å²) in [4.78, 5) is 23.9. The lowest BCUT2D eigenvalue weighted by Gasteiger charge is -2.17. The number of nitrogens with one attached hydrogen (secondary N) is 1. The summed E-state index contributed by atoms with van der Waals surface area (Å²) in [5, 5.41) is 5.26. The van der Waals surface area contributed by atoms with Crippen LogP contribution in [0.4, 0.5) is 0 Å². The van der Waals surface area contributed by atoms with Gasteiger partial charge >= 0.3 is 0 Å². The van der Waals surface area contributed by atoms with Crippen molar-refractivity contribution in [3.63, 3.8) is 0 Å². The molecule has 1 atom stereocenters. The van der Waals surface area contributed by atoms with Gasteiger partial charge in [-0.05, 0) is 47.5 Å². The number of carbonyl (C=O) groups is 2. The minimum Gasteiger partial charge on any atom is -0.484 e. The third-order valence-corrected chi connectivity index (χ3v) is 4.53. The van der Waals surface area contributed by atoms with E-state index >= 15 is 0 Å². The molecule has 0 fully saturated rings. The number of hydrogen-bond donors (Lipinski definition) is 1. The Labute approximate surface area is 159 Å². The molecule has 1 unspecified atom stereocenters. The smallest absolute Gasteiger partial charge is 0.258 e. The minimum atomic E-state index is -0.191. The molecule has 0 saturated carbocycles. The van der Waals surface area contributed by atoms with Gasteiger partial charge in [0, 0.05) is 12.0 Å². The van der Waals surface area contributed by atoms with Crippen molar-refractivity contribution in [2.75, 3.05) is 6.61 Å². The maximum atomic E-state index is 12.3. The van der Waals surface area contributed by atoms with E-state index in [0.717, 1.165) is 16.3 Å². The highest BCUT2D eigenvalue weighted by Gasteiger charge is 2.13. The summed E-state index contributed by atoms with van der Waals surface area (Å²) in [7, 11) is 0. The number of ether oxygens (including phenoxy) is 1. The van der Waals surface area contributed by atoms with Gasteiger partial charge in [-0.15, -0.1) is 0 Å². The van der Waals surface area contributed by atoms with Gasteiger partial charge in [-0.25, -0.2) is 0 Å². The van der Waals surface area contributed by atoms with Gasteiger partial charge < -0.3 is 10.1 Å². The Bertz CT molecular complexity index is 942. The molecule has 1 amide bonds. The molecule has 4 nitrogen and oxygen atoms in total. The topological polar surface area (TPSA) is 55.4 Å². The van der Waals surface area contributed by atoms with Crippen LogP contribution in [0.2, 0.25) is 0 Å². The number of carbonyl (C=O) groups excluding carboxylic acids is 2. The summed E-state index contributed by atoms with van der Waals surface area (Å²) in [6, 6.07) is 20.9. The molecule has 4 heteroatoms. The molecule has 0 spiro atoms. The molecule has 0 aliphatic heterocycles. The van der Waals surface area contributed by atoms with Crippen LogP contribution in [0.5, 0.6) is 5.75 Å². The molecule has 3 rings (SSSR count). The predicted molar refractivity (Wildman–Crippen MR) is 107 cm³/mol. The second-order valence-electron chi connectivity index (χ2n) is 6.45. The van der Waals surface area contributed by atoms with Gasteiger partial charge in [0.15, 0.2) is 12.4 Å². The Morgan fingerprint density at radius 1 is 0.963 bits per heavy atom. The van der Waals surface area contributed by atoms with Crippen LogP contribution in [0, 0.1) is 0 Å². The standard InChI is InChI=1S/C23H23NO3/c1-3-22(25)18-11-13-19(14-12-18)27-15-23(26)24-16(2)20-10-6-8-17-7-4-5-9-21(17)20/h4-14,16H,3,15H2,1-2H3,(H,24,26). The van der Waals surface area contributed by atoms with Crippen LogP contribution in [0.15, 0.2) is 66.7 Å². The summed E-state index contributed by atoms with van der Waals surface area (Å²) in [5.74, 6) is 0.461. The fourth-order valence-corrected chi connectivity index (χ4v) is 3.08. The maximum Gasteiger partial charge on any atom is 0.258 e. The SMILES string of the molecule is CCC(=O)c1ccc(OCC(=O)NC(C)c2cccc3ccccc23)cc1. The third-order valence-electron chi connectivity index (χ3n) is 4.53. The molecule has 138 valence electrons. The third kappa shape index (κ3) is 4.53. The highest BCUT2D eigenvalue weighted by molar-refractivity contribution is 5.95. The van der Waals surface area contributed by atoms with E-state index < -0.39 is 0 Å². The van der Waals surface area contributed by atoms with Gasteiger partial charge in [0.1, 0.15) is 5.75 Å². The average Bonchev–Trinajstić information content (AvgIpc) is 2.71. The highest BCUT2D eigenvalue weighted by Crippen LogP contribution is 2.24. The fraction of sp³-hybridized carbons (Fsp3) is 0.217. The zero-order valence-electron chi connectivity index (χ0n) is 15.6. The number of hydrogen-bond acceptors (Lipinski definition) is 3. The summed E-state index contributed by atoms with van der Waals surface area (Å²) in [6.45, 7) is 3.72. The van der Waals surface area contributed by atoms with Crippen LogP contribution in [0.3, 0.4) is 0 Å². The van der Waals surface area contributed by atoms with Crippen molar-refractivity contribution in [1.82, 2.24) is 5.32 Å². The van der Waals surface area contributed by atoms with Crippen LogP contribution in [0.1, 0.15) is 42.2 Å². The molecular formula is C23H23NO3. The maximum absolute atomic E-state index is 12.3. The van der Waals surface area contributed by atoms with E-state index in [1.54, 1.807) is 24.3 Å². The number of fused-ring (bicyclic) bond motifs is 1. The molecule has 0 aliphatic carbocycles. The van der Waals surface area contributed by atoms with Crippen LogP contribution >= 0.6 is 0 Å². The number of benzene rings is 3. The summed E-state index contributed by atoms with van der Waals surface area (Å²) >= 11 is 0. The van der Waals surface area contributed by atoms with Gasteiger partial charge in [-0.2, -0.15) is 0 Å². The van der Waals surface area contributed by atoms with E-state index in [-0.39, 0.29) is 24.3 Å². The molecular weight excluding hydrogens is 338 g/mol. The molecule has 0 radical (unpaired) electrons. The van der Waals surface area contributed by atoms with Gasteiger partial charge in [-0.1, -0.05) is 49.4 Å². The second-order valence-corrected chi connectivity index (χ2v) is 6.45. The fourth-order valence-electron chi connectivity index (χ4n) is 3.08. The van der Waals surface area contributed by atoms with E-state index in [4.69, 9.17) is 4.74 Å². The van der Waals surface area contributed by atoms with Crippen LogP contribution in [-0.4, -0.2) is 18.3 Å². The first-order valence-electron chi connectivity index (χ1n) is 9.11. The largest absolute Gasteiger partial charge is 0.484 e. The Morgan fingerprint density at radius 3 is 2.41 bits per heavy atom. The van der Waals surface area contributed by atoms with Crippen molar-refractivity contribution >= 4 is 22.5 Å². The van der Waals surface area contributed by atoms with E-state index in [2.05, 4.69) is 23.5 Å². The first-order valence-corrected chi connectivity index (χ1v) is 9.11. The van der Waals surface area contributed by atoms with Crippen molar-refractivity contribution in [1.29, 1.82) is 0 Å². The molecule has 1 N–H and O–H groups in total. The first-order chi connectivity index (χ1) is 13.1. The molecule has 3 aromatic rings. The van der Waals surface area contributed by atoms with Crippen molar-refractivity contribution in [3.05, 3.63) is 77.9 Å². The summed E-state index contributed by atoms with van der Waals surface area (Å²) < 4.78 is 5.54. The van der Waals surface area contributed by atoms with Crippen LogP contribution in [-0.2, 0) is 4.79 Å². The van der Waals surface area contributed by atoms with Gasteiger partial charge in [0.25, 0.3) is 5.91 Å². The summed E-state index contributed by atoms with van der Waals surface area (Å²) in [6.07, 6.45) is 0.467. The van der Waals surface area contributed by atoms with Gasteiger partial charge in [-0.3, -0.25) is 9.59 Å². The molecule has 0 aliphatic rings. The van der Waals surface area contributed by atoms with Crippen molar-refractivity contribution in [2.45, 2.75) is 26.3 Å². The quantitative estimate of drug-likeness (QED) is 0.621. The highest BCUT2D eigenvalue weighted by atomic mass is 16.5. The van der Waals surface area contributed by atoms with E-state index in [1.165, 1.54) is 0 Å². The minimum absolute atomic E-state index is 0.0732. The average molecular weight is 361 g/mol. The molecule has 0 bridgehead atoms. The van der Waals surface area contributed by atoms with Crippen molar-refractivity contribution in [3.8, 4) is 5.75 Å². The van der Waals surface area contributed by atoms with Crippen LogP contribution in [0.25, 0.3) is 10.8 Å². The molecule has 0 saturated heterocycles. The van der Waals surface area contributed by atoms with Gasteiger partial charge in [0.05, 0.1) is 6.04 Å². The molecule has 27 heavy (non-hydrogen) atoms. The number of ketones is 1. The molecule has 3 aromatic carbocycles. The lowest BCUT2D eigenvalue weighted by atomic mass is 10.00. The normalized spacial score (nSPS) is 11.8. The number of amides is 1. The lowest BCUT2D eigenvalue weighted by Crippen LogP contribution is -2.31. The van der Waals surface area contributed by atoms with Gasteiger partial charge in [0.2, 0.25) is 0 Å². The molecule has 0 aromatic heterocycles. The van der Waals surface area contributed by atoms with Crippen LogP contribution < -0.4 is 10.1 Å². The molecule has 0 heterocycles. The van der Waals surface area contributed by atoms with Crippen molar-refractivity contribution < 1.29 is 14.3 Å². The van der Waals surface area contributed by atoms with E-state index in [0.29, 0.717) is 17.7 Å². The van der Waals surface area contributed by atoms with E-state index in [9.17, 15) is 9.59 Å². The predicted octanol–water partition coefficient (Wildman–Crippen LogP) is 4.69. The number of rotatable bonds is 7. The number of Topliss-reactive ketones (excluding diaryl/α,β-unsaturated/α-hetero) is 1. The second kappa shape index (κ2) is 8.49. The Hall–Kier alpha value is -3.14. The van der Waals surface area contributed by atoms with E-state index in [1.807, 2.05) is 38.1 Å². The zero-order valence-corrected chi connectivity index (χ0v) is 15.6. The first kappa shape index (κ1) is 18.6. The Morgan fingerprint density at radius 2 is 1.67 bits per heavy atom. The monoisotopic (exact) mass is 361 g/mol. The Balaban J connectivity index is 1.59. The zero-order chi connectivity index (χ0) is 19.2. The van der Waals surface area contributed by atoms with Crippen molar-refractivity contribution in [2.24, 2.45) is 0 Å². The Kier molecular flexibility index (Phi) is 5.87. The summed E-state index contributed by atoms with van der Waals surface area (Å²) in [5.41, 5.74) is 1.72. The lowest BCUT2D eigenvalue weighted by molar-refractivity contribution is -0.123.